The Morgan fingerprint density at radius 1 is 1.05 bits per heavy atom. The van der Waals surface area contributed by atoms with E-state index in [-0.39, 0.29) is 17.9 Å². The molecule has 120 valence electrons. The predicted octanol–water partition coefficient (Wildman–Crippen LogP) is 1.85. The number of carbonyl (C=O) groups excluding carboxylic acids is 2. The number of hydrogen-bond donors (Lipinski definition) is 1. The molecule has 0 aromatic heterocycles. The van der Waals surface area contributed by atoms with Crippen LogP contribution in [0.15, 0.2) is 0 Å². The molecule has 2 fully saturated rings. The molecule has 0 radical (unpaired) electrons. The number of carbonyl (C=O) groups is 2. The van der Waals surface area contributed by atoms with E-state index in [1.807, 2.05) is 4.90 Å². The normalized spacial score (nSPS) is 25.1. The zero-order valence-corrected chi connectivity index (χ0v) is 13.1. The Kier molecular flexibility index (Phi) is 6.49. The number of piperidine rings is 1. The molecule has 0 bridgehead atoms. The maximum Gasteiger partial charge on any atom is 0.323 e. The molecule has 5 nitrogen and oxygen atoms in total. The number of ether oxygens (including phenoxy) is 1. The highest BCUT2D eigenvalue weighted by atomic mass is 16.5. The van der Waals surface area contributed by atoms with Gasteiger partial charge in [0, 0.05) is 6.04 Å². The summed E-state index contributed by atoms with van der Waals surface area (Å²) in [5.74, 6) is -0.158. The lowest BCUT2D eigenvalue weighted by Gasteiger charge is -2.33. The van der Waals surface area contributed by atoms with Crippen molar-refractivity contribution in [1.82, 2.24) is 10.2 Å². The molecular weight excluding hydrogens is 268 g/mol. The quantitative estimate of drug-likeness (QED) is 0.635. The van der Waals surface area contributed by atoms with Crippen LogP contribution in [0.25, 0.3) is 0 Å². The fraction of sp³-hybridized carbons (Fsp3) is 0.875. The maximum atomic E-state index is 12.2. The Bertz CT molecular complexity index is 351. The third-order valence-electron chi connectivity index (χ3n) is 4.65. The van der Waals surface area contributed by atoms with Gasteiger partial charge >= 0.3 is 5.97 Å². The summed E-state index contributed by atoms with van der Waals surface area (Å²) in [6.45, 7) is 1.12. The van der Waals surface area contributed by atoms with Crippen molar-refractivity contribution in [2.24, 2.45) is 0 Å². The highest BCUT2D eigenvalue weighted by Crippen LogP contribution is 2.19. The summed E-state index contributed by atoms with van der Waals surface area (Å²) >= 11 is 0. The first kappa shape index (κ1) is 16.3. The second-order valence-corrected chi connectivity index (χ2v) is 6.26. The van der Waals surface area contributed by atoms with E-state index < -0.39 is 0 Å². The number of rotatable bonds is 4. The highest BCUT2D eigenvalue weighted by molar-refractivity contribution is 5.80. The molecule has 5 heteroatoms. The molecule has 1 aliphatic heterocycles. The van der Waals surface area contributed by atoms with Crippen LogP contribution in [0.1, 0.15) is 57.8 Å². The van der Waals surface area contributed by atoms with Gasteiger partial charge < -0.3 is 10.1 Å². The van der Waals surface area contributed by atoms with Crippen LogP contribution in [0, 0.1) is 0 Å². The minimum absolute atomic E-state index is 0.0534. The molecule has 21 heavy (non-hydrogen) atoms. The van der Waals surface area contributed by atoms with Crippen LogP contribution in [0.5, 0.6) is 0 Å². The van der Waals surface area contributed by atoms with Gasteiger partial charge in [0.15, 0.2) is 0 Å². The number of nitrogens with one attached hydrogen (secondary N) is 1. The summed E-state index contributed by atoms with van der Waals surface area (Å²) in [5, 5.41) is 3.15. The van der Waals surface area contributed by atoms with E-state index in [2.05, 4.69) is 5.32 Å². The molecule has 1 saturated carbocycles. The van der Waals surface area contributed by atoms with Crippen LogP contribution in [-0.2, 0) is 14.3 Å². The van der Waals surface area contributed by atoms with Gasteiger partial charge in [-0.2, -0.15) is 0 Å². The molecule has 0 aromatic rings. The fourth-order valence-electron chi connectivity index (χ4n) is 3.46. The van der Waals surface area contributed by atoms with Gasteiger partial charge in [0.25, 0.3) is 0 Å². The van der Waals surface area contributed by atoms with E-state index in [1.165, 1.54) is 32.8 Å². The van der Waals surface area contributed by atoms with Crippen molar-refractivity contribution in [3.63, 3.8) is 0 Å². The third kappa shape index (κ3) is 4.99. The highest BCUT2D eigenvalue weighted by Gasteiger charge is 2.31. The number of nitrogens with zero attached hydrogens (tertiary/aromatic N) is 1. The van der Waals surface area contributed by atoms with Crippen molar-refractivity contribution >= 4 is 11.9 Å². The minimum Gasteiger partial charge on any atom is -0.468 e. The molecule has 0 aromatic carbocycles. The van der Waals surface area contributed by atoms with Crippen molar-refractivity contribution in [1.29, 1.82) is 0 Å². The number of likely N-dealkylation sites (tertiary alicyclic amines) is 1. The molecule has 2 aliphatic rings. The van der Waals surface area contributed by atoms with Gasteiger partial charge in [-0.15, -0.1) is 0 Å². The van der Waals surface area contributed by atoms with Gasteiger partial charge in [-0.25, -0.2) is 0 Å². The van der Waals surface area contributed by atoms with E-state index in [9.17, 15) is 9.59 Å². The topological polar surface area (TPSA) is 58.6 Å². The largest absolute Gasteiger partial charge is 0.468 e. The van der Waals surface area contributed by atoms with Crippen molar-refractivity contribution in [2.45, 2.75) is 69.9 Å². The van der Waals surface area contributed by atoms with Gasteiger partial charge in [-0.1, -0.05) is 32.1 Å². The molecule has 1 amide bonds. The Hall–Kier alpha value is -1.10. The van der Waals surface area contributed by atoms with E-state index >= 15 is 0 Å². The number of amides is 1. The van der Waals surface area contributed by atoms with Crippen LogP contribution in [0.2, 0.25) is 0 Å². The second kappa shape index (κ2) is 8.37. The summed E-state index contributed by atoms with van der Waals surface area (Å²) < 4.78 is 4.86. The van der Waals surface area contributed by atoms with Crippen molar-refractivity contribution in [2.75, 3.05) is 20.2 Å². The van der Waals surface area contributed by atoms with Gasteiger partial charge in [0.05, 0.1) is 13.7 Å². The van der Waals surface area contributed by atoms with Gasteiger partial charge in [0.2, 0.25) is 5.91 Å². The van der Waals surface area contributed by atoms with Crippen LogP contribution in [-0.4, -0.2) is 49.1 Å². The number of hydrogen-bond acceptors (Lipinski definition) is 4. The first-order valence-electron chi connectivity index (χ1n) is 8.32. The molecule has 1 saturated heterocycles. The average Bonchev–Trinajstić information content (AvgIpc) is 2.75. The Balaban J connectivity index is 1.83. The molecule has 1 N–H and O–H groups in total. The zero-order chi connectivity index (χ0) is 15.1. The molecule has 1 atom stereocenters. The van der Waals surface area contributed by atoms with E-state index in [0.29, 0.717) is 12.6 Å². The minimum atomic E-state index is -0.247. The summed E-state index contributed by atoms with van der Waals surface area (Å²) in [7, 11) is 1.42. The second-order valence-electron chi connectivity index (χ2n) is 6.26. The van der Waals surface area contributed by atoms with Gasteiger partial charge in [-0.05, 0) is 32.2 Å². The molecular formula is C16H28N2O3. The molecule has 0 spiro atoms. The summed E-state index contributed by atoms with van der Waals surface area (Å²) in [6, 6.07) is 0.0741. The first-order chi connectivity index (χ1) is 10.2. The van der Waals surface area contributed by atoms with Crippen LogP contribution in [0.4, 0.5) is 0 Å². The molecule has 2 rings (SSSR count). The van der Waals surface area contributed by atoms with Gasteiger partial charge in [-0.3, -0.25) is 14.5 Å². The van der Waals surface area contributed by atoms with Crippen molar-refractivity contribution in [3.05, 3.63) is 0 Å². The third-order valence-corrected chi connectivity index (χ3v) is 4.65. The summed E-state index contributed by atoms with van der Waals surface area (Å²) in [6.07, 6.45) is 10.0. The van der Waals surface area contributed by atoms with E-state index in [4.69, 9.17) is 4.74 Å². The first-order valence-corrected chi connectivity index (χ1v) is 8.32. The fourth-order valence-corrected chi connectivity index (χ4v) is 3.46. The van der Waals surface area contributed by atoms with Gasteiger partial charge in [0.1, 0.15) is 6.04 Å². The molecule has 1 heterocycles. The maximum absolute atomic E-state index is 12.2. The lowest BCUT2D eigenvalue weighted by atomic mass is 10.0. The van der Waals surface area contributed by atoms with Crippen LogP contribution in [0.3, 0.4) is 0 Å². The van der Waals surface area contributed by atoms with Crippen molar-refractivity contribution in [3.8, 4) is 0 Å². The Morgan fingerprint density at radius 2 is 1.71 bits per heavy atom. The average molecular weight is 296 g/mol. The summed E-state index contributed by atoms with van der Waals surface area (Å²) in [5.41, 5.74) is 0. The SMILES string of the molecule is COC(=O)C1CCCCN1CC(=O)NC1CCCCCC1. The smallest absolute Gasteiger partial charge is 0.323 e. The Morgan fingerprint density at radius 3 is 2.38 bits per heavy atom. The lowest BCUT2D eigenvalue weighted by molar-refractivity contribution is -0.148. The number of methoxy groups -OCH3 is 1. The molecule has 1 aliphatic carbocycles. The van der Waals surface area contributed by atoms with Crippen LogP contribution >= 0.6 is 0 Å². The zero-order valence-electron chi connectivity index (χ0n) is 13.1. The van der Waals surface area contributed by atoms with E-state index in [0.717, 1.165) is 38.6 Å². The van der Waals surface area contributed by atoms with E-state index in [1.54, 1.807) is 0 Å². The molecule has 1 unspecified atom stereocenters. The monoisotopic (exact) mass is 296 g/mol. The van der Waals surface area contributed by atoms with Crippen molar-refractivity contribution < 1.29 is 14.3 Å². The lowest BCUT2D eigenvalue weighted by Crippen LogP contribution is -2.50. The summed E-state index contributed by atoms with van der Waals surface area (Å²) in [4.78, 5) is 26.0. The standard InChI is InChI=1S/C16H28N2O3/c1-21-16(20)14-10-6-7-11-18(14)12-15(19)17-13-8-4-2-3-5-9-13/h13-14H,2-12H2,1H3,(H,17,19). The Labute approximate surface area is 127 Å². The number of esters is 1. The predicted molar refractivity (Wildman–Crippen MR) is 80.9 cm³/mol. The van der Waals surface area contributed by atoms with Crippen LogP contribution < -0.4 is 5.32 Å².